The molecule has 1 aromatic rings. The Kier molecular flexibility index (Phi) is 2.75. The Morgan fingerprint density at radius 2 is 2.27 bits per heavy atom. The first-order valence-corrected chi connectivity index (χ1v) is 5.21. The molecule has 1 aliphatic rings. The number of hydrogen-bond acceptors (Lipinski definition) is 5. The van der Waals surface area contributed by atoms with E-state index in [0.29, 0.717) is 18.3 Å². The molecule has 0 unspecified atom stereocenters. The molecule has 0 saturated carbocycles. The summed E-state index contributed by atoms with van der Waals surface area (Å²) in [6.45, 7) is 9.32. The third kappa shape index (κ3) is 2.76. The van der Waals surface area contributed by atoms with E-state index < -0.39 is 0 Å². The molecule has 0 aromatic carbocycles. The van der Waals surface area contributed by atoms with Crippen LogP contribution in [0.5, 0.6) is 0 Å². The summed E-state index contributed by atoms with van der Waals surface area (Å²) in [5, 5.41) is 3.77. The zero-order chi connectivity index (χ0) is 10.9. The molecule has 84 valence electrons. The summed E-state index contributed by atoms with van der Waals surface area (Å²) in [7, 11) is 0. The number of morpholine rings is 1. The Labute approximate surface area is 89.4 Å². The van der Waals surface area contributed by atoms with Gasteiger partial charge in [0.1, 0.15) is 0 Å². The molecule has 0 bridgehead atoms. The molecule has 0 aliphatic carbocycles. The van der Waals surface area contributed by atoms with Crippen LogP contribution in [0.1, 0.15) is 25.6 Å². The first-order chi connectivity index (χ1) is 7.05. The minimum atomic E-state index is -0.0761. The molecule has 0 radical (unpaired) electrons. The molecule has 2 rings (SSSR count). The number of aromatic nitrogens is 2. The van der Waals surface area contributed by atoms with Gasteiger partial charge in [-0.3, -0.25) is 4.90 Å². The monoisotopic (exact) mass is 211 g/mol. The van der Waals surface area contributed by atoms with Gasteiger partial charge in [0.25, 0.3) is 0 Å². The first-order valence-electron chi connectivity index (χ1n) is 5.21. The van der Waals surface area contributed by atoms with Crippen LogP contribution in [-0.4, -0.2) is 40.3 Å². The van der Waals surface area contributed by atoms with Crippen LogP contribution in [-0.2, 0) is 11.3 Å². The maximum atomic E-state index is 5.63. The molecule has 0 atom stereocenters. The second-order valence-electron chi connectivity index (χ2n) is 4.55. The highest BCUT2D eigenvalue weighted by Crippen LogP contribution is 2.17. The quantitative estimate of drug-likeness (QED) is 0.730. The third-order valence-corrected chi connectivity index (χ3v) is 2.43. The number of aryl methyl sites for hydroxylation is 1. The average molecular weight is 211 g/mol. The van der Waals surface area contributed by atoms with E-state index >= 15 is 0 Å². The number of hydrogen-bond donors (Lipinski definition) is 0. The van der Waals surface area contributed by atoms with Gasteiger partial charge in [-0.25, -0.2) is 0 Å². The summed E-state index contributed by atoms with van der Waals surface area (Å²) < 4.78 is 10.7. The molecule has 1 aliphatic heterocycles. The highest BCUT2D eigenvalue weighted by atomic mass is 16.5. The smallest absolute Gasteiger partial charge is 0.240 e. The highest BCUT2D eigenvalue weighted by molar-refractivity contribution is 4.86. The maximum Gasteiger partial charge on any atom is 0.240 e. The van der Waals surface area contributed by atoms with Crippen LogP contribution < -0.4 is 0 Å². The first kappa shape index (κ1) is 10.6. The van der Waals surface area contributed by atoms with Crippen LogP contribution in [0.2, 0.25) is 0 Å². The molecule has 5 heteroatoms. The fraction of sp³-hybridized carbons (Fsp3) is 0.800. The van der Waals surface area contributed by atoms with Crippen molar-refractivity contribution in [2.75, 3.05) is 19.7 Å². The maximum absolute atomic E-state index is 5.63. The number of ether oxygens (including phenoxy) is 1. The van der Waals surface area contributed by atoms with Gasteiger partial charge in [0.15, 0.2) is 5.82 Å². The standard InChI is InChI=1S/C10H17N3O2/c1-8-11-9(15-12-8)6-13-4-5-14-10(2,3)7-13/h4-7H2,1-3H3. The average Bonchev–Trinajstić information content (AvgIpc) is 2.49. The lowest BCUT2D eigenvalue weighted by molar-refractivity contribution is -0.0900. The Bertz CT molecular complexity index is 335. The molecule has 5 nitrogen and oxygen atoms in total. The van der Waals surface area contributed by atoms with Crippen molar-refractivity contribution in [1.29, 1.82) is 0 Å². The van der Waals surface area contributed by atoms with E-state index in [-0.39, 0.29) is 5.60 Å². The predicted octanol–water partition coefficient (Wildman–Crippen LogP) is 0.989. The molecule has 0 amide bonds. The van der Waals surface area contributed by atoms with Crippen LogP contribution >= 0.6 is 0 Å². The van der Waals surface area contributed by atoms with Gasteiger partial charge < -0.3 is 9.26 Å². The minimum absolute atomic E-state index is 0.0761. The molecule has 1 fully saturated rings. The van der Waals surface area contributed by atoms with Gasteiger partial charge in [-0.1, -0.05) is 5.16 Å². The lowest BCUT2D eigenvalue weighted by atomic mass is 10.1. The Balaban J connectivity index is 1.95. The van der Waals surface area contributed by atoms with E-state index in [4.69, 9.17) is 9.26 Å². The van der Waals surface area contributed by atoms with Gasteiger partial charge in [0, 0.05) is 13.1 Å². The van der Waals surface area contributed by atoms with Crippen LogP contribution in [0, 0.1) is 6.92 Å². The second kappa shape index (κ2) is 3.90. The topological polar surface area (TPSA) is 51.4 Å². The summed E-state index contributed by atoms with van der Waals surface area (Å²) in [6.07, 6.45) is 0. The van der Waals surface area contributed by atoms with E-state index in [2.05, 4.69) is 28.9 Å². The van der Waals surface area contributed by atoms with Crippen molar-refractivity contribution in [3.8, 4) is 0 Å². The molecule has 0 spiro atoms. The Morgan fingerprint density at radius 1 is 1.47 bits per heavy atom. The van der Waals surface area contributed by atoms with E-state index in [1.165, 1.54) is 0 Å². The fourth-order valence-corrected chi connectivity index (χ4v) is 1.84. The van der Waals surface area contributed by atoms with E-state index in [0.717, 1.165) is 19.7 Å². The van der Waals surface area contributed by atoms with Gasteiger partial charge >= 0.3 is 0 Å². The van der Waals surface area contributed by atoms with Gasteiger partial charge in [0.2, 0.25) is 5.89 Å². The molecular formula is C10H17N3O2. The minimum Gasteiger partial charge on any atom is -0.373 e. The fourth-order valence-electron chi connectivity index (χ4n) is 1.84. The molecule has 0 N–H and O–H groups in total. The van der Waals surface area contributed by atoms with Crippen molar-refractivity contribution in [3.63, 3.8) is 0 Å². The van der Waals surface area contributed by atoms with Crippen LogP contribution in [0.4, 0.5) is 0 Å². The lowest BCUT2D eigenvalue weighted by Crippen LogP contribution is -2.47. The molecular weight excluding hydrogens is 194 g/mol. The van der Waals surface area contributed by atoms with E-state index in [9.17, 15) is 0 Å². The van der Waals surface area contributed by atoms with Crippen molar-refractivity contribution in [1.82, 2.24) is 15.0 Å². The molecule has 1 aromatic heterocycles. The zero-order valence-electron chi connectivity index (χ0n) is 9.49. The van der Waals surface area contributed by atoms with Crippen molar-refractivity contribution in [2.24, 2.45) is 0 Å². The summed E-state index contributed by atoms with van der Waals surface area (Å²) in [4.78, 5) is 6.47. The summed E-state index contributed by atoms with van der Waals surface area (Å²) in [6, 6.07) is 0. The van der Waals surface area contributed by atoms with Crippen LogP contribution in [0.3, 0.4) is 0 Å². The molecule has 15 heavy (non-hydrogen) atoms. The summed E-state index contributed by atoms with van der Waals surface area (Å²) in [5.74, 6) is 1.38. The van der Waals surface area contributed by atoms with Crippen molar-refractivity contribution >= 4 is 0 Å². The summed E-state index contributed by atoms with van der Waals surface area (Å²) in [5.41, 5.74) is -0.0761. The molecule has 2 heterocycles. The number of nitrogens with zero attached hydrogens (tertiary/aromatic N) is 3. The zero-order valence-corrected chi connectivity index (χ0v) is 9.49. The Hall–Kier alpha value is -0.940. The van der Waals surface area contributed by atoms with Gasteiger partial charge in [-0.2, -0.15) is 4.98 Å². The van der Waals surface area contributed by atoms with Gasteiger partial charge in [-0.05, 0) is 20.8 Å². The van der Waals surface area contributed by atoms with Crippen molar-refractivity contribution in [3.05, 3.63) is 11.7 Å². The van der Waals surface area contributed by atoms with Crippen molar-refractivity contribution < 1.29 is 9.26 Å². The van der Waals surface area contributed by atoms with Crippen molar-refractivity contribution in [2.45, 2.75) is 32.9 Å². The predicted molar refractivity (Wildman–Crippen MR) is 54.3 cm³/mol. The van der Waals surface area contributed by atoms with Gasteiger partial charge in [-0.15, -0.1) is 0 Å². The van der Waals surface area contributed by atoms with E-state index in [1.54, 1.807) is 0 Å². The number of rotatable bonds is 2. The normalized spacial score (nSPS) is 21.8. The van der Waals surface area contributed by atoms with Crippen LogP contribution in [0.15, 0.2) is 4.52 Å². The van der Waals surface area contributed by atoms with E-state index in [1.807, 2.05) is 6.92 Å². The SMILES string of the molecule is Cc1noc(CN2CCOC(C)(C)C2)n1. The van der Waals surface area contributed by atoms with Gasteiger partial charge in [0.05, 0.1) is 18.8 Å². The largest absolute Gasteiger partial charge is 0.373 e. The third-order valence-electron chi connectivity index (χ3n) is 2.43. The summed E-state index contributed by atoms with van der Waals surface area (Å²) >= 11 is 0. The molecule has 1 saturated heterocycles. The second-order valence-corrected chi connectivity index (χ2v) is 4.55. The van der Waals surface area contributed by atoms with Crippen LogP contribution in [0.25, 0.3) is 0 Å². The lowest BCUT2D eigenvalue weighted by Gasteiger charge is -2.37. The highest BCUT2D eigenvalue weighted by Gasteiger charge is 2.27. The Morgan fingerprint density at radius 3 is 2.87 bits per heavy atom.